The van der Waals surface area contributed by atoms with Crippen LogP contribution in [0.3, 0.4) is 0 Å². The average Bonchev–Trinajstić information content (AvgIpc) is 3.31. The van der Waals surface area contributed by atoms with Crippen LogP contribution in [-0.4, -0.2) is 21.1 Å². The van der Waals surface area contributed by atoms with Crippen LogP contribution in [0.25, 0.3) is 23.1 Å². The number of aryl methyl sites for hydroxylation is 1. The molecule has 0 saturated heterocycles. The SMILES string of the molecule is Cc1cccc(CNC(=O)c2ccccc2Sc2ccc3c(/C=C/c4ccccn4)n[nH]c3c2)c1C. The Labute approximate surface area is 214 Å². The number of rotatable bonds is 7. The lowest BCUT2D eigenvalue weighted by atomic mass is 10.0. The van der Waals surface area contributed by atoms with E-state index in [1.54, 1.807) is 18.0 Å². The first-order valence-electron chi connectivity index (χ1n) is 11.8. The summed E-state index contributed by atoms with van der Waals surface area (Å²) in [5.74, 6) is -0.0800. The van der Waals surface area contributed by atoms with Crippen LogP contribution < -0.4 is 5.32 Å². The highest BCUT2D eigenvalue weighted by atomic mass is 32.2. The van der Waals surface area contributed by atoms with Crippen LogP contribution in [0, 0.1) is 13.8 Å². The van der Waals surface area contributed by atoms with Gasteiger partial charge in [0.1, 0.15) is 0 Å². The second-order valence-electron chi connectivity index (χ2n) is 8.54. The number of benzene rings is 3. The van der Waals surface area contributed by atoms with Crippen molar-refractivity contribution in [2.75, 3.05) is 0 Å². The number of nitrogens with one attached hydrogen (secondary N) is 2. The zero-order valence-corrected chi connectivity index (χ0v) is 21.0. The molecule has 0 spiro atoms. The van der Waals surface area contributed by atoms with Crippen LogP contribution in [-0.2, 0) is 6.54 Å². The molecule has 0 atom stereocenters. The second kappa shape index (κ2) is 10.6. The van der Waals surface area contributed by atoms with Gasteiger partial charge in [-0.2, -0.15) is 5.10 Å². The van der Waals surface area contributed by atoms with Crippen molar-refractivity contribution >= 4 is 40.7 Å². The summed E-state index contributed by atoms with van der Waals surface area (Å²) in [6, 6.07) is 25.9. The molecular formula is C30H26N4OS. The number of aromatic nitrogens is 3. The molecule has 36 heavy (non-hydrogen) atoms. The molecule has 0 fully saturated rings. The van der Waals surface area contributed by atoms with Crippen molar-refractivity contribution in [3.8, 4) is 0 Å². The molecule has 1 amide bonds. The van der Waals surface area contributed by atoms with Crippen molar-refractivity contribution in [2.45, 2.75) is 30.2 Å². The summed E-state index contributed by atoms with van der Waals surface area (Å²) in [5.41, 5.74) is 6.91. The number of aromatic amines is 1. The molecule has 0 aliphatic rings. The van der Waals surface area contributed by atoms with Gasteiger partial charge in [-0.25, -0.2) is 0 Å². The van der Waals surface area contributed by atoms with Crippen molar-refractivity contribution in [3.05, 3.63) is 119 Å². The third-order valence-corrected chi connectivity index (χ3v) is 7.24. The Morgan fingerprint density at radius 3 is 2.69 bits per heavy atom. The van der Waals surface area contributed by atoms with Gasteiger partial charge in [-0.05, 0) is 85.2 Å². The Morgan fingerprint density at radius 2 is 1.83 bits per heavy atom. The summed E-state index contributed by atoms with van der Waals surface area (Å²) in [6.07, 6.45) is 5.68. The average molecular weight is 491 g/mol. The van der Waals surface area contributed by atoms with Gasteiger partial charge in [-0.3, -0.25) is 14.9 Å². The molecule has 0 bridgehead atoms. The van der Waals surface area contributed by atoms with Crippen molar-refractivity contribution in [3.63, 3.8) is 0 Å². The zero-order chi connectivity index (χ0) is 24.9. The maximum absolute atomic E-state index is 13.1. The smallest absolute Gasteiger partial charge is 0.252 e. The van der Waals surface area contributed by atoms with Crippen molar-refractivity contribution < 1.29 is 4.79 Å². The monoisotopic (exact) mass is 490 g/mol. The van der Waals surface area contributed by atoms with E-state index >= 15 is 0 Å². The Kier molecular flexibility index (Phi) is 6.96. The number of carbonyl (C=O) groups excluding carboxylic acids is 1. The van der Waals surface area contributed by atoms with Crippen molar-refractivity contribution in [1.82, 2.24) is 20.5 Å². The molecule has 2 N–H and O–H groups in total. The van der Waals surface area contributed by atoms with Crippen LogP contribution in [0.15, 0.2) is 94.9 Å². The van der Waals surface area contributed by atoms with Crippen LogP contribution in [0.1, 0.15) is 38.4 Å². The quantitative estimate of drug-likeness (QED) is 0.262. The standard InChI is InChI=1S/C30H26N4OS/c1-20-8-7-9-22(21(20)2)19-32-30(35)26-11-3-4-12-29(26)36-24-14-15-25-27(33-34-28(25)18-24)16-13-23-10-5-6-17-31-23/h3-18H,19H2,1-2H3,(H,32,35)(H,33,34)/b16-13+. The summed E-state index contributed by atoms with van der Waals surface area (Å²) in [7, 11) is 0. The second-order valence-corrected chi connectivity index (χ2v) is 9.66. The number of pyridine rings is 1. The van der Waals surface area contributed by atoms with Gasteiger partial charge in [0, 0.05) is 27.9 Å². The number of carbonyl (C=O) groups is 1. The first kappa shape index (κ1) is 23.6. The highest BCUT2D eigenvalue weighted by Gasteiger charge is 2.13. The molecule has 0 aliphatic carbocycles. The predicted octanol–water partition coefficient (Wildman–Crippen LogP) is 6.83. The summed E-state index contributed by atoms with van der Waals surface area (Å²) in [4.78, 5) is 19.3. The van der Waals surface area contributed by atoms with Gasteiger partial charge in [-0.1, -0.05) is 48.2 Å². The van der Waals surface area contributed by atoms with Gasteiger partial charge in [0.05, 0.1) is 22.5 Å². The van der Waals surface area contributed by atoms with E-state index in [9.17, 15) is 4.79 Å². The summed E-state index contributed by atoms with van der Waals surface area (Å²) < 4.78 is 0. The normalized spacial score (nSPS) is 11.3. The Bertz CT molecular complexity index is 1560. The van der Waals surface area contributed by atoms with Crippen LogP contribution >= 0.6 is 11.8 Å². The lowest BCUT2D eigenvalue weighted by molar-refractivity contribution is 0.0948. The van der Waals surface area contributed by atoms with Gasteiger partial charge in [0.15, 0.2) is 0 Å². The minimum Gasteiger partial charge on any atom is -0.348 e. The largest absolute Gasteiger partial charge is 0.348 e. The van der Waals surface area contributed by atoms with Crippen LogP contribution in [0.5, 0.6) is 0 Å². The fourth-order valence-electron chi connectivity index (χ4n) is 3.99. The van der Waals surface area contributed by atoms with Gasteiger partial charge in [-0.15, -0.1) is 0 Å². The van der Waals surface area contributed by atoms with E-state index in [4.69, 9.17) is 0 Å². The minimum atomic E-state index is -0.0800. The number of H-pyrrole nitrogens is 1. The van der Waals surface area contributed by atoms with E-state index < -0.39 is 0 Å². The molecule has 178 valence electrons. The molecule has 0 aliphatic heterocycles. The molecule has 5 aromatic rings. The first-order chi connectivity index (χ1) is 17.6. The number of fused-ring (bicyclic) bond motifs is 1. The fourth-order valence-corrected chi connectivity index (χ4v) is 4.98. The van der Waals surface area contributed by atoms with Crippen molar-refractivity contribution in [2.24, 2.45) is 0 Å². The maximum atomic E-state index is 13.1. The highest BCUT2D eigenvalue weighted by molar-refractivity contribution is 7.99. The van der Waals surface area contributed by atoms with E-state index in [-0.39, 0.29) is 5.91 Å². The van der Waals surface area contributed by atoms with Gasteiger partial charge in [0.2, 0.25) is 0 Å². The molecule has 0 unspecified atom stereocenters. The fraction of sp³-hybridized carbons (Fsp3) is 0.100. The van der Waals surface area contributed by atoms with Crippen LogP contribution in [0.2, 0.25) is 0 Å². The minimum absolute atomic E-state index is 0.0800. The van der Waals surface area contributed by atoms with Gasteiger partial charge in [0.25, 0.3) is 5.91 Å². The zero-order valence-electron chi connectivity index (χ0n) is 20.2. The van der Waals surface area contributed by atoms with E-state index in [2.05, 4.69) is 64.7 Å². The Morgan fingerprint density at radius 1 is 0.972 bits per heavy atom. The molecule has 5 nitrogen and oxygen atoms in total. The van der Waals surface area contributed by atoms with Gasteiger partial charge < -0.3 is 5.32 Å². The Hall–Kier alpha value is -4.16. The maximum Gasteiger partial charge on any atom is 0.252 e. The molecule has 0 saturated carbocycles. The molecule has 2 aromatic heterocycles. The van der Waals surface area contributed by atoms with E-state index in [1.807, 2.05) is 60.7 Å². The first-order valence-corrected chi connectivity index (χ1v) is 12.6. The molecular weight excluding hydrogens is 464 g/mol. The lowest BCUT2D eigenvalue weighted by Gasteiger charge is -2.12. The van der Waals surface area contributed by atoms with Gasteiger partial charge >= 0.3 is 0 Å². The number of hydrogen-bond donors (Lipinski definition) is 2. The van der Waals surface area contributed by atoms with E-state index in [0.29, 0.717) is 12.1 Å². The molecule has 5 rings (SSSR count). The lowest BCUT2D eigenvalue weighted by Crippen LogP contribution is -2.23. The number of nitrogens with zero attached hydrogens (tertiary/aromatic N) is 2. The number of amides is 1. The molecule has 2 heterocycles. The van der Waals surface area contributed by atoms with E-state index in [1.165, 1.54) is 11.1 Å². The van der Waals surface area contributed by atoms with Crippen molar-refractivity contribution in [1.29, 1.82) is 0 Å². The molecule has 6 heteroatoms. The van der Waals surface area contributed by atoms with Crippen LogP contribution in [0.4, 0.5) is 0 Å². The predicted molar refractivity (Wildman–Crippen MR) is 147 cm³/mol. The third-order valence-electron chi connectivity index (χ3n) is 6.18. The third kappa shape index (κ3) is 5.24. The summed E-state index contributed by atoms with van der Waals surface area (Å²) in [6.45, 7) is 4.68. The summed E-state index contributed by atoms with van der Waals surface area (Å²) >= 11 is 1.57. The molecule has 0 radical (unpaired) electrons. The van der Waals surface area contributed by atoms with E-state index in [0.717, 1.165) is 37.6 Å². The highest BCUT2D eigenvalue weighted by Crippen LogP contribution is 2.33. The topological polar surface area (TPSA) is 70.7 Å². The molecule has 3 aromatic carbocycles. The summed E-state index contributed by atoms with van der Waals surface area (Å²) in [5, 5.41) is 11.7. The number of hydrogen-bond acceptors (Lipinski definition) is 4. The Balaban J connectivity index is 1.32.